The first-order valence-electron chi connectivity index (χ1n) is 16.3. The fraction of sp³-hybridized carbons (Fsp3) is 0.515. The summed E-state index contributed by atoms with van der Waals surface area (Å²) in [4.78, 5) is 46.8. The standard InChI is InChI=1S/C33H40N8O3SSi/c1-46(2,3)13-12-44-20-41-19-23(32(42)38-28(22-6-7-22)33(43)40-17-21(15-34)18-40)29-31(41)36-16-25(37-29)27-14-24-30(45-27)26(8-9-35-24)39-10-4-5-11-39/h8-9,14,16,19,21-22,28H,4-7,10-13,17-18,20H2,1-3H3,(H,38,42)/t28-/m1/s1. The first kappa shape index (κ1) is 30.8. The molecule has 46 heavy (non-hydrogen) atoms. The molecule has 2 saturated heterocycles. The fourth-order valence-corrected chi connectivity index (χ4v) is 8.07. The lowest BCUT2D eigenvalue weighted by Crippen LogP contribution is -2.57. The molecular formula is C33H40N8O3SSi. The van der Waals surface area contributed by atoms with Gasteiger partial charge in [-0.25, -0.2) is 9.97 Å². The van der Waals surface area contributed by atoms with E-state index >= 15 is 0 Å². The second kappa shape index (κ2) is 12.4. The molecule has 0 spiro atoms. The van der Waals surface area contributed by atoms with Crippen LogP contribution in [0.1, 0.15) is 36.0 Å². The lowest BCUT2D eigenvalue weighted by molar-refractivity contribution is -0.138. The highest BCUT2D eigenvalue weighted by molar-refractivity contribution is 7.22. The van der Waals surface area contributed by atoms with E-state index in [4.69, 9.17) is 14.7 Å². The highest BCUT2D eigenvalue weighted by Gasteiger charge is 2.43. The van der Waals surface area contributed by atoms with Gasteiger partial charge in [-0.05, 0) is 49.8 Å². The number of hydrogen-bond donors (Lipinski definition) is 1. The Kier molecular flexibility index (Phi) is 8.29. The van der Waals surface area contributed by atoms with Crippen molar-refractivity contribution in [3.63, 3.8) is 0 Å². The second-order valence-corrected chi connectivity index (χ2v) is 20.7. The van der Waals surface area contributed by atoms with E-state index in [-0.39, 0.29) is 30.4 Å². The molecule has 1 aliphatic carbocycles. The van der Waals surface area contributed by atoms with Gasteiger partial charge in [0.1, 0.15) is 18.3 Å². The number of hydrogen-bond acceptors (Lipinski definition) is 9. The lowest BCUT2D eigenvalue weighted by atomic mass is 9.99. The smallest absolute Gasteiger partial charge is 0.255 e. The average molecular weight is 657 g/mol. The second-order valence-electron chi connectivity index (χ2n) is 14.0. The SMILES string of the molecule is C[Si](C)(C)CCOCn1cc(C(=O)N[C@@H](C(=O)N2CC(C#N)C2)C2CC2)c2nc(-c3cc4nccc(N5CCCC5)c4s3)cnc21. The Labute approximate surface area is 273 Å². The number of pyridine rings is 1. The Morgan fingerprint density at radius 3 is 2.70 bits per heavy atom. The Balaban J connectivity index is 1.20. The van der Waals surface area contributed by atoms with Gasteiger partial charge in [-0.15, -0.1) is 11.3 Å². The molecule has 4 aromatic rings. The van der Waals surface area contributed by atoms with Gasteiger partial charge in [-0.3, -0.25) is 14.6 Å². The van der Waals surface area contributed by atoms with Gasteiger partial charge in [0.25, 0.3) is 5.91 Å². The van der Waals surface area contributed by atoms with Gasteiger partial charge in [-0.2, -0.15) is 5.26 Å². The maximum Gasteiger partial charge on any atom is 0.255 e. The van der Waals surface area contributed by atoms with E-state index in [0.29, 0.717) is 42.1 Å². The van der Waals surface area contributed by atoms with E-state index in [9.17, 15) is 14.9 Å². The van der Waals surface area contributed by atoms with Crippen molar-refractivity contribution in [3.05, 3.63) is 36.3 Å². The summed E-state index contributed by atoms with van der Waals surface area (Å²) in [6.45, 7) is 10.8. The molecule has 7 rings (SSSR count). The van der Waals surface area contributed by atoms with Gasteiger partial charge in [0, 0.05) is 53.3 Å². The summed E-state index contributed by atoms with van der Waals surface area (Å²) in [7, 11) is -1.27. The molecule has 3 fully saturated rings. The van der Waals surface area contributed by atoms with Crippen LogP contribution in [0.5, 0.6) is 0 Å². The van der Waals surface area contributed by atoms with Crippen LogP contribution in [-0.2, 0) is 16.3 Å². The van der Waals surface area contributed by atoms with Gasteiger partial charge in [-0.1, -0.05) is 19.6 Å². The summed E-state index contributed by atoms with van der Waals surface area (Å²) in [6, 6.07) is 6.77. The van der Waals surface area contributed by atoms with Crippen molar-refractivity contribution in [1.82, 2.24) is 29.7 Å². The zero-order valence-corrected chi connectivity index (χ0v) is 28.5. The summed E-state index contributed by atoms with van der Waals surface area (Å²) in [6.07, 6.45) is 9.54. The minimum absolute atomic E-state index is 0.105. The minimum Gasteiger partial charge on any atom is -0.370 e. The number of anilines is 1. The van der Waals surface area contributed by atoms with Gasteiger partial charge in [0.2, 0.25) is 5.91 Å². The summed E-state index contributed by atoms with van der Waals surface area (Å²) >= 11 is 1.65. The van der Waals surface area contributed by atoms with Gasteiger partial charge < -0.3 is 24.4 Å². The van der Waals surface area contributed by atoms with Crippen LogP contribution in [0.2, 0.25) is 25.7 Å². The monoisotopic (exact) mass is 656 g/mol. The van der Waals surface area contributed by atoms with Crippen LogP contribution in [-0.4, -0.2) is 83.1 Å². The number of fused-ring (bicyclic) bond motifs is 2. The number of ether oxygens (including phenoxy) is 1. The molecule has 1 saturated carbocycles. The predicted octanol–water partition coefficient (Wildman–Crippen LogP) is 5.11. The average Bonchev–Trinajstić information content (AvgIpc) is 3.38. The van der Waals surface area contributed by atoms with Crippen molar-refractivity contribution in [2.24, 2.45) is 11.8 Å². The van der Waals surface area contributed by atoms with Crippen LogP contribution in [0.15, 0.2) is 30.7 Å². The Morgan fingerprint density at radius 2 is 1.98 bits per heavy atom. The highest BCUT2D eigenvalue weighted by Crippen LogP contribution is 2.39. The third-order valence-corrected chi connectivity index (χ3v) is 12.0. The third-order valence-electron chi connectivity index (χ3n) is 9.15. The van der Waals surface area contributed by atoms with Crippen molar-refractivity contribution >= 4 is 58.3 Å². The largest absolute Gasteiger partial charge is 0.370 e. The lowest BCUT2D eigenvalue weighted by Gasteiger charge is -2.37. The van der Waals surface area contributed by atoms with E-state index in [1.165, 1.54) is 18.5 Å². The molecule has 240 valence electrons. The van der Waals surface area contributed by atoms with Crippen molar-refractivity contribution in [2.45, 2.75) is 64.1 Å². The van der Waals surface area contributed by atoms with Gasteiger partial charge in [0.05, 0.1) is 50.2 Å². The van der Waals surface area contributed by atoms with Crippen LogP contribution < -0.4 is 10.2 Å². The molecule has 0 unspecified atom stereocenters. The molecule has 1 N–H and O–H groups in total. The van der Waals surface area contributed by atoms with Gasteiger partial charge in [0.15, 0.2) is 5.65 Å². The van der Waals surface area contributed by atoms with Gasteiger partial charge >= 0.3 is 0 Å². The Bertz CT molecular complexity index is 1830. The molecule has 11 nitrogen and oxygen atoms in total. The molecule has 4 aromatic heterocycles. The van der Waals surface area contributed by atoms with E-state index in [1.807, 2.05) is 10.8 Å². The molecule has 0 aromatic carbocycles. The number of nitriles is 1. The number of carbonyl (C=O) groups excluding carboxylic acids is 2. The van der Waals surface area contributed by atoms with E-state index in [1.54, 1.807) is 28.6 Å². The zero-order chi connectivity index (χ0) is 32.0. The maximum absolute atomic E-state index is 13.9. The number of carbonyl (C=O) groups is 2. The summed E-state index contributed by atoms with van der Waals surface area (Å²) < 4.78 is 9.02. The van der Waals surface area contributed by atoms with Crippen molar-refractivity contribution in [3.8, 4) is 16.6 Å². The number of aromatic nitrogens is 4. The summed E-state index contributed by atoms with van der Waals surface area (Å²) in [5.41, 5.74) is 4.21. The van der Waals surface area contributed by atoms with Crippen molar-refractivity contribution < 1.29 is 14.3 Å². The van der Waals surface area contributed by atoms with E-state index in [2.05, 4.69) is 53.0 Å². The molecule has 2 amide bonds. The van der Waals surface area contributed by atoms with E-state index < -0.39 is 14.1 Å². The Hall–Kier alpha value is -3.86. The predicted molar refractivity (Wildman–Crippen MR) is 181 cm³/mol. The summed E-state index contributed by atoms with van der Waals surface area (Å²) in [5, 5.41) is 12.2. The first-order valence-corrected chi connectivity index (χ1v) is 20.8. The molecule has 3 aliphatic rings. The molecule has 13 heteroatoms. The topological polar surface area (TPSA) is 129 Å². The number of nitrogens with zero attached hydrogens (tertiary/aromatic N) is 7. The zero-order valence-electron chi connectivity index (χ0n) is 26.7. The molecule has 6 heterocycles. The van der Waals surface area contributed by atoms with Crippen LogP contribution >= 0.6 is 11.3 Å². The number of amides is 2. The Morgan fingerprint density at radius 1 is 1.20 bits per heavy atom. The summed E-state index contributed by atoms with van der Waals surface area (Å²) in [5.74, 6) is -0.496. The van der Waals surface area contributed by atoms with Crippen LogP contribution in [0, 0.1) is 23.2 Å². The van der Waals surface area contributed by atoms with Crippen LogP contribution in [0.25, 0.3) is 32.0 Å². The van der Waals surface area contributed by atoms with E-state index in [0.717, 1.165) is 47.1 Å². The molecule has 0 bridgehead atoms. The molecule has 2 aliphatic heterocycles. The minimum atomic E-state index is -1.27. The number of rotatable bonds is 11. The molecule has 1 atom stereocenters. The number of thiophene rings is 1. The van der Waals surface area contributed by atoms with Crippen molar-refractivity contribution in [2.75, 3.05) is 37.7 Å². The van der Waals surface area contributed by atoms with Crippen LogP contribution in [0.4, 0.5) is 5.69 Å². The first-order chi connectivity index (χ1) is 22.2. The maximum atomic E-state index is 13.9. The molecule has 0 radical (unpaired) electrons. The third kappa shape index (κ3) is 6.26. The van der Waals surface area contributed by atoms with Crippen molar-refractivity contribution in [1.29, 1.82) is 5.26 Å². The quantitative estimate of drug-likeness (QED) is 0.174. The fourth-order valence-electron chi connectivity index (χ4n) is 6.20. The normalized spacial score (nSPS) is 17.8. The number of nitrogens with one attached hydrogen (secondary N) is 1. The highest BCUT2D eigenvalue weighted by atomic mass is 32.1. The molecular weight excluding hydrogens is 617 g/mol. The van der Waals surface area contributed by atoms with Crippen LogP contribution in [0.3, 0.4) is 0 Å². The number of likely N-dealkylation sites (tertiary alicyclic amines) is 1.